The molecule has 1 aromatic rings. The Hall–Kier alpha value is -1.04. The van der Waals surface area contributed by atoms with Gasteiger partial charge in [0.05, 0.1) is 0 Å². The lowest BCUT2D eigenvalue weighted by molar-refractivity contribution is -0.143. The number of rotatable bonds is 4. The number of benzene rings is 1. The van der Waals surface area contributed by atoms with Gasteiger partial charge in [-0.15, -0.1) is 11.8 Å². The highest BCUT2D eigenvalue weighted by Gasteiger charge is 2.30. The van der Waals surface area contributed by atoms with Crippen LogP contribution in [0.4, 0.5) is 0 Å². The second kappa shape index (κ2) is 7.11. The molecule has 2 rings (SSSR count). The van der Waals surface area contributed by atoms with E-state index < -0.39 is 12.0 Å². The SMILES string of the molecule is CSc1ccccc1[C@H](C(=O)O)N1CCCN(C)CC1. The van der Waals surface area contributed by atoms with Crippen LogP contribution in [0, 0.1) is 0 Å². The molecule has 20 heavy (non-hydrogen) atoms. The highest BCUT2D eigenvalue weighted by molar-refractivity contribution is 7.98. The molecule has 0 saturated carbocycles. The van der Waals surface area contributed by atoms with Crippen LogP contribution in [-0.4, -0.2) is 60.4 Å². The first-order valence-electron chi connectivity index (χ1n) is 6.92. The highest BCUT2D eigenvalue weighted by Crippen LogP contribution is 2.30. The van der Waals surface area contributed by atoms with Crippen LogP contribution in [0.25, 0.3) is 0 Å². The van der Waals surface area contributed by atoms with Gasteiger partial charge in [0.1, 0.15) is 6.04 Å². The molecule has 110 valence electrons. The molecule has 0 spiro atoms. The number of hydrogen-bond donors (Lipinski definition) is 1. The molecule has 0 aliphatic carbocycles. The zero-order valence-electron chi connectivity index (χ0n) is 12.1. The van der Waals surface area contributed by atoms with Crippen LogP contribution in [0.5, 0.6) is 0 Å². The molecule has 1 aliphatic heterocycles. The van der Waals surface area contributed by atoms with Crippen molar-refractivity contribution < 1.29 is 9.90 Å². The van der Waals surface area contributed by atoms with E-state index in [9.17, 15) is 9.90 Å². The first kappa shape index (κ1) is 15.4. The predicted molar refractivity (Wildman–Crippen MR) is 82.3 cm³/mol. The lowest BCUT2D eigenvalue weighted by atomic mass is 10.0. The summed E-state index contributed by atoms with van der Waals surface area (Å²) in [6, 6.07) is 7.29. The fourth-order valence-electron chi connectivity index (χ4n) is 2.70. The molecule has 0 amide bonds. The van der Waals surface area contributed by atoms with E-state index in [0.29, 0.717) is 0 Å². The molecule has 1 saturated heterocycles. The van der Waals surface area contributed by atoms with Crippen molar-refractivity contribution in [2.75, 3.05) is 39.5 Å². The van der Waals surface area contributed by atoms with Crippen molar-refractivity contribution in [3.8, 4) is 0 Å². The van der Waals surface area contributed by atoms with Gasteiger partial charge in [0.25, 0.3) is 0 Å². The summed E-state index contributed by atoms with van der Waals surface area (Å²) in [6.07, 6.45) is 3.01. The van der Waals surface area contributed by atoms with Crippen LogP contribution in [0.2, 0.25) is 0 Å². The van der Waals surface area contributed by atoms with Crippen molar-refractivity contribution in [3.63, 3.8) is 0 Å². The fraction of sp³-hybridized carbons (Fsp3) is 0.533. The van der Waals surface area contributed by atoms with Crippen LogP contribution in [-0.2, 0) is 4.79 Å². The molecule has 1 atom stereocenters. The van der Waals surface area contributed by atoms with Crippen LogP contribution in [0.15, 0.2) is 29.2 Å². The smallest absolute Gasteiger partial charge is 0.325 e. The van der Waals surface area contributed by atoms with Crippen molar-refractivity contribution in [2.45, 2.75) is 17.4 Å². The van der Waals surface area contributed by atoms with Gasteiger partial charge in [-0.2, -0.15) is 0 Å². The Balaban J connectivity index is 2.28. The van der Waals surface area contributed by atoms with E-state index in [1.165, 1.54) is 0 Å². The predicted octanol–water partition coefficient (Wildman–Crippen LogP) is 2.17. The summed E-state index contributed by atoms with van der Waals surface area (Å²) < 4.78 is 0. The second-order valence-corrected chi connectivity index (χ2v) is 6.02. The van der Waals surface area contributed by atoms with Crippen LogP contribution in [0.3, 0.4) is 0 Å². The number of aliphatic carboxylic acids is 1. The third kappa shape index (κ3) is 3.53. The molecule has 5 heteroatoms. The van der Waals surface area contributed by atoms with Crippen LogP contribution < -0.4 is 0 Å². The van der Waals surface area contributed by atoms with E-state index in [0.717, 1.165) is 43.1 Å². The third-order valence-corrected chi connectivity index (χ3v) is 4.60. The Labute approximate surface area is 124 Å². The zero-order chi connectivity index (χ0) is 14.5. The van der Waals surface area contributed by atoms with Crippen molar-refractivity contribution in [1.82, 2.24) is 9.80 Å². The van der Waals surface area contributed by atoms with Gasteiger partial charge in [0.15, 0.2) is 0 Å². The maximum atomic E-state index is 11.8. The van der Waals surface area contributed by atoms with Gasteiger partial charge in [-0.05, 0) is 37.9 Å². The average Bonchev–Trinajstić information content (AvgIpc) is 2.64. The van der Waals surface area contributed by atoms with Crippen LogP contribution in [0.1, 0.15) is 18.0 Å². The maximum absolute atomic E-state index is 11.8. The normalized spacial score (nSPS) is 19.5. The first-order valence-corrected chi connectivity index (χ1v) is 8.14. The molecule has 1 N–H and O–H groups in total. The maximum Gasteiger partial charge on any atom is 0.325 e. The Morgan fingerprint density at radius 1 is 1.25 bits per heavy atom. The lowest BCUT2D eigenvalue weighted by Gasteiger charge is -2.28. The van der Waals surface area contributed by atoms with Gasteiger partial charge in [-0.1, -0.05) is 18.2 Å². The van der Waals surface area contributed by atoms with E-state index in [-0.39, 0.29) is 0 Å². The van der Waals surface area contributed by atoms with Gasteiger partial charge >= 0.3 is 5.97 Å². The number of carboxylic acids is 1. The number of carboxylic acid groups (broad SMARTS) is 1. The van der Waals surface area contributed by atoms with Gasteiger partial charge in [-0.25, -0.2) is 0 Å². The number of carbonyl (C=O) groups is 1. The zero-order valence-corrected chi connectivity index (χ0v) is 12.9. The molecule has 1 aromatic carbocycles. The van der Waals surface area contributed by atoms with E-state index >= 15 is 0 Å². The van der Waals surface area contributed by atoms with E-state index in [4.69, 9.17) is 0 Å². The molecule has 1 aliphatic rings. The molecule has 1 heterocycles. The fourth-order valence-corrected chi connectivity index (χ4v) is 3.33. The minimum Gasteiger partial charge on any atom is -0.480 e. The molecular weight excluding hydrogens is 272 g/mol. The summed E-state index contributed by atoms with van der Waals surface area (Å²) in [5.41, 5.74) is 0.914. The highest BCUT2D eigenvalue weighted by atomic mass is 32.2. The monoisotopic (exact) mass is 294 g/mol. The van der Waals surface area contributed by atoms with Gasteiger partial charge in [0.2, 0.25) is 0 Å². The Morgan fingerprint density at radius 3 is 2.70 bits per heavy atom. The van der Waals surface area contributed by atoms with Gasteiger partial charge in [-0.3, -0.25) is 9.69 Å². The minimum absolute atomic E-state index is 0.537. The second-order valence-electron chi connectivity index (χ2n) is 5.18. The van der Waals surface area contributed by atoms with Crippen molar-refractivity contribution in [1.29, 1.82) is 0 Å². The molecule has 0 radical (unpaired) electrons. The number of hydrogen-bond acceptors (Lipinski definition) is 4. The van der Waals surface area contributed by atoms with Gasteiger partial charge in [0, 0.05) is 24.5 Å². The van der Waals surface area contributed by atoms with Crippen molar-refractivity contribution in [3.05, 3.63) is 29.8 Å². The molecule has 0 aromatic heterocycles. The van der Waals surface area contributed by atoms with Crippen molar-refractivity contribution in [2.24, 2.45) is 0 Å². The van der Waals surface area contributed by atoms with Crippen LogP contribution >= 0.6 is 11.8 Å². The topological polar surface area (TPSA) is 43.8 Å². The number of likely N-dealkylation sites (N-methyl/N-ethyl adjacent to an activating group) is 1. The Bertz CT molecular complexity index is 467. The number of nitrogens with zero attached hydrogens (tertiary/aromatic N) is 2. The summed E-state index contributed by atoms with van der Waals surface area (Å²) in [6.45, 7) is 3.60. The molecule has 0 unspecified atom stereocenters. The Kier molecular flexibility index (Phi) is 5.46. The molecule has 4 nitrogen and oxygen atoms in total. The first-order chi connectivity index (χ1) is 9.63. The van der Waals surface area contributed by atoms with Crippen molar-refractivity contribution >= 4 is 17.7 Å². The molecule has 0 bridgehead atoms. The van der Waals surface area contributed by atoms with E-state index in [1.807, 2.05) is 30.5 Å². The number of thioether (sulfide) groups is 1. The Morgan fingerprint density at radius 2 is 2.00 bits per heavy atom. The lowest BCUT2D eigenvalue weighted by Crippen LogP contribution is -2.37. The summed E-state index contributed by atoms with van der Waals surface area (Å²) in [5, 5.41) is 9.69. The van der Waals surface area contributed by atoms with E-state index in [1.54, 1.807) is 11.8 Å². The van der Waals surface area contributed by atoms with Gasteiger partial charge < -0.3 is 10.0 Å². The van der Waals surface area contributed by atoms with E-state index in [2.05, 4.69) is 16.8 Å². The summed E-state index contributed by atoms with van der Waals surface area (Å²) >= 11 is 1.61. The minimum atomic E-state index is -0.754. The summed E-state index contributed by atoms with van der Waals surface area (Å²) in [5.74, 6) is -0.754. The molecule has 1 fully saturated rings. The quantitative estimate of drug-likeness (QED) is 0.862. The standard InChI is InChI=1S/C15H22N2O2S/c1-16-8-5-9-17(11-10-16)14(15(18)19)12-6-3-4-7-13(12)20-2/h3-4,6-7,14H,5,8-11H2,1-2H3,(H,18,19)/t14-/m1/s1. The third-order valence-electron chi connectivity index (χ3n) is 3.79. The molecular formula is C15H22N2O2S. The average molecular weight is 294 g/mol. The summed E-state index contributed by atoms with van der Waals surface area (Å²) in [4.78, 5) is 17.2. The largest absolute Gasteiger partial charge is 0.480 e. The summed E-state index contributed by atoms with van der Waals surface area (Å²) in [7, 11) is 2.09.